The molecule has 0 aliphatic heterocycles. The molecular weight excluding hydrogens is 468 g/mol. The summed E-state index contributed by atoms with van der Waals surface area (Å²) < 4.78 is 29.8. The third kappa shape index (κ3) is 4.03. The standard InChI is InChI=1S/C26H18N2O6S/c29-21-15-20(28-34-35(32,33)17-11-5-2-6-12-17)26(31)23-22(21)24(27-16-9-3-1-4-10-16)18-13-7-8-14-19(18)25(23)30/h1-15,28-29,31H. The molecule has 174 valence electrons. The highest BCUT2D eigenvalue weighted by molar-refractivity contribution is 7.86. The molecule has 0 radical (unpaired) electrons. The van der Waals surface area contributed by atoms with E-state index < -0.39 is 27.4 Å². The molecule has 0 saturated heterocycles. The Morgan fingerprint density at radius 2 is 1.37 bits per heavy atom. The fourth-order valence-electron chi connectivity index (χ4n) is 3.84. The van der Waals surface area contributed by atoms with E-state index in [1.54, 1.807) is 54.6 Å². The van der Waals surface area contributed by atoms with Crippen molar-refractivity contribution in [3.63, 3.8) is 0 Å². The maximum atomic E-state index is 13.3. The van der Waals surface area contributed by atoms with Gasteiger partial charge in [0.25, 0.3) is 0 Å². The van der Waals surface area contributed by atoms with Crippen molar-refractivity contribution in [2.75, 3.05) is 5.48 Å². The van der Waals surface area contributed by atoms with Crippen molar-refractivity contribution in [3.05, 3.63) is 113 Å². The van der Waals surface area contributed by atoms with Gasteiger partial charge >= 0.3 is 10.1 Å². The second kappa shape index (κ2) is 8.71. The molecule has 35 heavy (non-hydrogen) atoms. The van der Waals surface area contributed by atoms with E-state index >= 15 is 0 Å². The zero-order valence-corrected chi connectivity index (χ0v) is 18.9. The number of para-hydroxylation sites is 1. The predicted octanol–water partition coefficient (Wildman–Crippen LogP) is 4.54. The summed E-state index contributed by atoms with van der Waals surface area (Å²) in [7, 11) is -4.24. The van der Waals surface area contributed by atoms with Crippen LogP contribution < -0.4 is 5.48 Å². The largest absolute Gasteiger partial charge is 0.507 e. The van der Waals surface area contributed by atoms with Gasteiger partial charge in [-0.3, -0.25) is 4.79 Å². The lowest BCUT2D eigenvalue weighted by atomic mass is 9.82. The van der Waals surface area contributed by atoms with Crippen molar-refractivity contribution in [3.8, 4) is 11.5 Å². The number of anilines is 1. The Balaban J connectivity index is 1.62. The highest BCUT2D eigenvalue weighted by atomic mass is 32.2. The number of aliphatic imine (C=N–C) groups is 1. The first-order valence-electron chi connectivity index (χ1n) is 10.5. The number of ketones is 1. The minimum absolute atomic E-state index is 0.0338. The summed E-state index contributed by atoms with van der Waals surface area (Å²) in [5, 5.41) is 21.9. The van der Waals surface area contributed by atoms with E-state index in [9.17, 15) is 23.4 Å². The molecule has 8 nitrogen and oxygen atoms in total. The molecule has 1 aliphatic carbocycles. The second-order valence-corrected chi connectivity index (χ2v) is 9.21. The Hall–Kier alpha value is -4.47. The summed E-state index contributed by atoms with van der Waals surface area (Å²) in [5.74, 6) is -1.52. The molecule has 3 N–H and O–H groups in total. The Kier molecular flexibility index (Phi) is 5.56. The smallest absolute Gasteiger partial charge is 0.317 e. The van der Waals surface area contributed by atoms with Crippen molar-refractivity contribution >= 4 is 33.0 Å². The number of phenolic OH excluding ortho intramolecular Hbond substituents is 2. The van der Waals surface area contributed by atoms with E-state index in [0.29, 0.717) is 17.0 Å². The maximum absolute atomic E-state index is 13.3. The molecule has 1 aliphatic rings. The van der Waals surface area contributed by atoms with Gasteiger partial charge in [-0.15, -0.1) is 4.28 Å². The SMILES string of the molecule is O=C1c2ccccc2C(=Nc2ccccc2)c2c(O)cc(NOS(=O)(=O)c3ccccc3)c(O)c21. The summed E-state index contributed by atoms with van der Waals surface area (Å²) in [4.78, 5) is 17.9. The van der Waals surface area contributed by atoms with Crippen LogP contribution in [0.1, 0.15) is 27.0 Å². The monoisotopic (exact) mass is 486 g/mol. The molecule has 0 saturated carbocycles. The quantitative estimate of drug-likeness (QED) is 0.189. The zero-order valence-electron chi connectivity index (χ0n) is 18.0. The van der Waals surface area contributed by atoms with Crippen LogP contribution >= 0.6 is 0 Å². The average Bonchev–Trinajstić information content (AvgIpc) is 2.88. The normalized spacial score (nSPS) is 13.8. The molecule has 0 amide bonds. The fourth-order valence-corrected chi connectivity index (χ4v) is 4.62. The number of nitrogens with zero attached hydrogens (tertiary/aromatic N) is 1. The Bertz CT molecular complexity index is 1580. The van der Waals surface area contributed by atoms with Crippen LogP contribution in [0.3, 0.4) is 0 Å². The number of phenols is 2. The van der Waals surface area contributed by atoms with Crippen LogP contribution in [0, 0.1) is 0 Å². The highest BCUT2D eigenvalue weighted by Gasteiger charge is 2.34. The molecule has 4 aromatic rings. The van der Waals surface area contributed by atoms with Crippen LogP contribution in [-0.4, -0.2) is 30.1 Å². The van der Waals surface area contributed by atoms with Gasteiger partial charge in [-0.1, -0.05) is 60.7 Å². The molecule has 0 spiro atoms. The van der Waals surface area contributed by atoms with Crippen LogP contribution in [0.15, 0.2) is 101 Å². The van der Waals surface area contributed by atoms with Gasteiger partial charge in [-0.2, -0.15) is 8.42 Å². The number of benzene rings is 4. The van der Waals surface area contributed by atoms with E-state index in [-0.39, 0.29) is 27.3 Å². The van der Waals surface area contributed by atoms with Gasteiger partial charge in [0.1, 0.15) is 11.4 Å². The van der Waals surface area contributed by atoms with Gasteiger partial charge in [0.15, 0.2) is 11.5 Å². The van der Waals surface area contributed by atoms with Gasteiger partial charge < -0.3 is 10.2 Å². The number of rotatable bonds is 5. The highest BCUT2D eigenvalue weighted by Crippen LogP contribution is 2.43. The first-order chi connectivity index (χ1) is 16.9. The molecule has 0 fully saturated rings. The Morgan fingerprint density at radius 3 is 2.06 bits per heavy atom. The average molecular weight is 487 g/mol. The molecule has 5 rings (SSSR count). The summed E-state index contributed by atoms with van der Waals surface area (Å²) >= 11 is 0. The van der Waals surface area contributed by atoms with Crippen molar-refractivity contribution in [2.45, 2.75) is 4.90 Å². The lowest BCUT2D eigenvalue weighted by Crippen LogP contribution is -2.22. The van der Waals surface area contributed by atoms with Crippen LogP contribution in [0.2, 0.25) is 0 Å². The van der Waals surface area contributed by atoms with Gasteiger partial charge in [0.05, 0.1) is 27.4 Å². The lowest BCUT2D eigenvalue weighted by molar-refractivity contribution is 0.103. The number of carbonyl (C=O) groups is 1. The molecule has 4 aromatic carbocycles. The second-order valence-electron chi connectivity index (χ2n) is 7.67. The Labute approximate surface area is 200 Å². The zero-order chi connectivity index (χ0) is 24.6. The molecule has 0 atom stereocenters. The molecule has 0 unspecified atom stereocenters. The first-order valence-corrected chi connectivity index (χ1v) is 11.9. The van der Waals surface area contributed by atoms with Gasteiger partial charge in [-0.05, 0) is 24.3 Å². The summed E-state index contributed by atoms with van der Waals surface area (Å²) in [6, 6.07) is 24.2. The minimum atomic E-state index is -4.24. The molecule has 0 heterocycles. The fraction of sp³-hybridized carbons (Fsp3) is 0. The number of fused-ring (bicyclic) bond motifs is 2. The number of nitrogens with one attached hydrogen (secondary N) is 1. The summed E-state index contributed by atoms with van der Waals surface area (Å²) in [5.41, 5.74) is 3.32. The van der Waals surface area contributed by atoms with Crippen molar-refractivity contribution in [1.82, 2.24) is 0 Å². The van der Waals surface area contributed by atoms with Crippen molar-refractivity contribution in [2.24, 2.45) is 4.99 Å². The van der Waals surface area contributed by atoms with Crippen LogP contribution in [-0.2, 0) is 14.4 Å². The van der Waals surface area contributed by atoms with E-state index in [2.05, 4.69) is 10.5 Å². The summed E-state index contributed by atoms with van der Waals surface area (Å²) in [6.45, 7) is 0. The van der Waals surface area contributed by atoms with Crippen molar-refractivity contribution < 1.29 is 27.7 Å². The van der Waals surface area contributed by atoms with Crippen LogP contribution in [0.4, 0.5) is 11.4 Å². The van der Waals surface area contributed by atoms with Crippen LogP contribution in [0.25, 0.3) is 0 Å². The van der Waals surface area contributed by atoms with Crippen molar-refractivity contribution in [1.29, 1.82) is 0 Å². The lowest BCUT2D eigenvalue weighted by Gasteiger charge is -2.23. The van der Waals surface area contributed by atoms with E-state index in [1.165, 1.54) is 24.3 Å². The molecule has 0 bridgehead atoms. The molecule has 0 aromatic heterocycles. The number of carbonyl (C=O) groups excluding carboxylic acids is 1. The molecule has 9 heteroatoms. The summed E-state index contributed by atoms with van der Waals surface area (Å²) in [6.07, 6.45) is 0. The van der Waals surface area contributed by atoms with Gasteiger partial charge in [0.2, 0.25) is 0 Å². The predicted molar refractivity (Wildman–Crippen MR) is 130 cm³/mol. The third-order valence-corrected chi connectivity index (χ3v) is 6.61. The maximum Gasteiger partial charge on any atom is 0.317 e. The molecular formula is C26H18N2O6S. The van der Waals surface area contributed by atoms with Gasteiger partial charge in [0, 0.05) is 17.2 Å². The Morgan fingerprint density at radius 1 is 0.771 bits per heavy atom. The number of hydrogen-bond acceptors (Lipinski definition) is 8. The first kappa shape index (κ1) is 22.3. The number of hydrogen-bond donors (Lipinski definition) is 3. The van der Waals surface area contributed by atoms with E-state index in [1.807, 2.05) is 6.07 Å². The topological polar surface area (TPSA) is 125 Å². The third-order valence-electron chi connectivity index (χ3n) is 5.46. The van der Waals surface area contributed by atoms with Gasteiger partial charge in [-0.25, -0.2) is 10.5 Å². The number of aromatic hydroxyl groups is 2. The van der Waals surface area contributed by atoms with Crippen LogP contribution in [0.5, 0.6) is 11.5 Å². The minimum Gasteiger partial charge on any atom is -0.507 e. The van der Waals surface area contributed by atoms with E-state index in [0.717, 1.165) is 6.07 Å². The van der Waals surface area contributed by atoms with E-state index in [4.69, 9.17) is 4.28 Å².